The fourth-order valence-electron chi connectivity index (χ4n) is 2.75. The third-order valence-corrected chi connectivity index (χ3v) is 3.77. The summed E-state index contributed by atoms with van der Waals surface area (Å²) >= 11 is 0. The van der Waals surface area contributed by atoms with Crippen molar-refractivity contribution in [1.29, 1.82) is 0 Å². The third kappa shape index (κ3) is 2.91. The van der Waals surface area contributed by atoms with Crippen LogP contribution in [0.15, 0.2) is 30.5 Å². The van der Waals surface area contributed by atoms with Gasteiger partial charge in [-0.2, -0.15) is 0 Å². The molecule has 0 saturated carbocycles. The maximum absolute atomic E-state index is 12.4. The van der Waals surface area contributed by atoms with E-state index in [4.69, 9.17) is 4.74 Å². The number of benzene rings is 1. The van der Waals surface area contributed by atoms with E-state index in [1.54, 1.807) is 12.3 Å². The van der Waals surface area contributed by atoms with Gasteiger partial charge in [0.1, 0.15) is 5.60 Å². The molecule has 1 aliphatic rings. The van der Waals surface area contributed by atoms with Crippen molar-refractivity contribution in [2.45, 2.75) is 33.3 Å². The highest BCUT2D eigenvalue weighted by Crippen LogP contribution is 2.29. The van der Waals surface area contributed by atoms with Crippen LogP contribution in [0.4, 0.5) is 5.69 Å². The average molecular weight is 298 g/mol. The Morgan fingerprint density at radius 3 is 2.64 bits per heavy atom. The lowest BCUT2D eigenvalue weighted by Gasteiger charge is -2.39. The normalized spacial score (nSPS) is 15.7. The summed E-state index contributed by atoms with van der Waals surface area (Å²) < 4.78 is 5.51. The molecule has 22 heavy (non-hydrogen) atoms. The number of ether oxygens (including phenoxy) is 1. The van der Waals surface area contributed by atoms with Crippen LogP contribution in [0.3, 0.4) is 0 Å². The number of rotatable bonds is 2. The maximum Gasteiger partial charge on any atom is 0.339 e. The van der Waals surface area contributed by atoms with E-state index in [1.807, 2.05) is 32.9 Å². The number of pyridine rings is 1. The Balaban J connectivity index is 1.99. The summed E-state index contributed by atoms with van der Waals surface area (Å²) in [5, 5.41) is 0.855. The number of carbonyl (C=O) groups is 1. The minimum absolute atomic E-state index is 0.297. The molecule has 4 heteroatoms. The zero-order valence-corrected chi connectivity index (χ0v) is 13.6. The molecule has 1 saturated heterocycles. The molecule has 0 N–H and O–H groups in total. The summed E-state index contributed by atoms with van der Waals surface area (Å²) in [6.45, 7) is 10.00. The molecule has 2 aromatic rings. The van der Waals surface area contributed by atoms with Crippen molar-refractivity contribution in [3.63, 3.8) is 0 Å². The summed E-state index contributed by atoms with van der Waals surface area (Å²) in [6, 6.07) is 7.83. The van der Waals surface area contributed by atoms with Crippen LogP contribution >= 0.6 is 0 Å². The maximum atomic E-state index is 12.4. The average Bonchev–Trinajstić information content (AvgIpc) is 2.41. The van der Waals surface area contributed by atoms with E-state index in [1.165, 1.54) is 0 Å². The van der Waals surface area contributed by atoms with Crippen LogP contribution in [-0.4, -0.2) is 29.6 Å². The molecule has 1 aliphatic heterocycles. The summed E-state index contributed by atoms with van der Waals surface area (Å²) in [7, 11) is 0. The first-order chi connectivity index (χ1) is 10.3. The second-order valence-electron chi connectivity index (χ2n) is 7.07. The first-order valence-electron chi connectivity index (χ1n) is 7.70. The fourth-order valence-corrected chi connectivity index (χ4v) is 2.75. The molecule has 0 unspecified atom stereocenters. The number of carbonyl (C=O) groups excluding carboxylic acids is 1. The van der Waals surface area contributed by atoms with Crippen LogP contribution in [0.5, 0.6) is 0 Å². The Morgan fingerprint density at radius 1 is 1.27 bits per heavy atom. The van der Waals surface area contributed by atoms with Crippen molar-refractivity contribution >= 4 is 22.6 Å². The second kappa shape index (κ2) is 5.27. The zero-order valence-electron chi connectivity index (χ0n) is 13.6. The van der Waals surface area contributed by atoms with Gasteiger partial charge < -0.3 is 9.64 Å². The van der Waals surface area contributed by atoms with Crippen molar-refractivity contribution in [2.24, 2.45) is 5.92 Å². The molecular weight excluding hydrogens is 276 g/mol. The predicted molar refractivity (Wildman–Crippen MR) is 88.3 cm³/mol. The first kappa shape index (κ1) is 14.8. The summed E-state index contributed by atoms with van der Waals surface area (Å²) in [4.78, 5) is 19.1. The van der Waals surface area contributed by atoms with E-state index in [9.17, 15) is 4.79 Å². The number of fused-ring (bicyclic) bond motifs is 1. The largest absolute Gasteiger partial charge is 0.456 e. The van der Waals surface area contributed by atoms with Gasteiger partial charge in [-0.1, -0.05) is 6.92 Å². The third-order valence-electron chi connectivity index (χ3n) is 3.77. The quantitative estimate of drug-likeness (QED) is 0.794. The number of aromatic nitrogens is 1. The number of nitrogens with zero attached hydrogens (tertiary/aromatic N) is 2. The Kier molecular flexibility index (Phi) is 3.55. The number of hydrogen-bond donors (Lipinski definition) is 0. The van der Waals surface area contributed by atoms with Crippen LogP contribution < -0.4 is 4.90 Å². The predicted octanol–water partition coefficient (Wildman–Crippen LogP) is 3.65. The number of hydrogen-bond acceptors (Lipinski definition) is 4. The highest BCUT2D eigenvalue weighted by molar-refractivity contribution is 6.04. The Bertz CT molecular complexity index is 713. The van der Waals surface area contributed by atoms with Gasteiger partial charge in [0.05, 0.1) is 11.1 Å². The lowest BCUT2D eigenvalue weighted by Crippen LogP contribution is -2.45. The highest BCUT2D eigenvalue weighted by Gasteiger charge is 2.24. The molecule has 3 rings (SSSR count). The zero-order chi connectivity index (χ0) is 15.9. The van der Waals surface area contributed by atoms with Crippen LogP contribution in [0, 0.1) is 5.92 Å². The molecule has 2 heterocycles. The topological polar surface area (TPSA) is 42.4 Å². The molecule has 1 fully saturated rings. The lowest BCUT2D eigenvalue weighted by molar-refractivity contribution is 0.00718. The van der Waals surface area contributed by atoms with E-state index >= 15 is 0 Å². The Hall–Kier alpha value is -2.10. The fraction of sp³-hybridized carbons (Fsp3) is 0.444. The van der Waals surface area contributed by atoms with Gasteiger partial charge in [0.2, 0.25) is 0 Å². The van der Waals surface area contributed by atoms with Crippen molar-refractivity contribution in [2.75, 3.05) is 18.0 Å². The molecule has 0 radical (unpaired) electrons. The molecule has 0 bridgehead atoms. The molecule has 0 amide bonds. The van der Waals surface area contributed by atoms with Gasteiger partial charge in [-0.15, -0.1) is 0 Å². The summed E-state index contributed by atoms with van der Waals surface area (Å²) in [5.41, 5.74) is 2.04. The minimum atomic E-state index is -0.503. The standard InChI is InChI=1S/C18H22N2O2/c1-12-10-20(11-12)13-5-6-16-15(9-13)14(7-8-19-16)17(21)22-18(2,3)4/h5-9,12H,10-11H2,1-4H3. The smallest absolute Gasteiger partial charge is 0.339 e. The molecule has 1 aromatic heterocycles. The van der Waals surface area contributed by atoms with Crippen LogP contribution in [-0.2, 0) is 4.74 Å². The summed E-state index contributed by atoms with van der Waals surface area (Å²) in [5.74, 6) is 0.434. The van der Waals surface area contributed by atoms with Crippen LogP contribution in [0.2, 0.25) is 0 Å². The van der Waals surface area contributed by atoms with Gasteiger partial charge >= 0.3 is 5.97 Å². The molecule has 0 atom stereocenters. The molecule has 4 nitrogen and oxygen atoms in total. The first-order valence-corrected chi connectivity index (χ1v) is 7.70. The lowest BCUT2D eigenvalue weighted by atomic mass is 10.0. The van der Waals surface area contributed by atoms with E-state index < -0.39 is 5.60 Å². The highest BCUT2D eigenvalue weighted by atomic mass is 16.6. The van der Waals surface area contributed by atoms with Gasteiger partial charge in [-0.05, 0) is 51.0 Å². The molecule has 0 spiro atoms. The van der Waals surface area contributed by atoms with Crippen molar-refractivity contribution < 1.29 is 9.53 Å². The SMILES string of the molecule is CC1CN(c2ccc3nccc(C(=O)OC(C)(C)C)c3c2)C1. The number of esters is 1. The Labute approximate surface area is 131 Å². The minimum Gasteiger partial charge on any atom is -0.456 e. The van der Waals surface area contributed by atoms with E-state index in [2.05, 4.69) is 22.9 Å². The van der Waals surface area contributed by atoms with Crippen molar-refractivity contribution in [3.05, 3.63) is 36.0 Å². The number of anilines is 1. The van der Waals surface area contributed by atoms with Crippen LogP contribution in [0.25, 0.3) is 10.9 Å². The van der Waals surface area contributed by atoms with Gasteiger partial charge in [0.15, 0.2) is 0 Å². The van der Waals surface area contributed by atoms with E-state index in [0.29, 0.717) is 5.56 Å². The summed E-state index contributed by atoms with van der Waals surface area (Å²) in [6.07, 6.45) is 1.66. The Morgan fingerprint density at radius 2 is 2.00 bits per heavy atom. The monoisotopic (exact) mass is 298 g/mol. The van der Waals surface area contributed by atoms with Crippen molar-refractivity contribution in [1.82, 2.24) is 4.98 Å². The van der Waals surface area contributed by atoms with Crippen LogP contribution in [0.1, 0.15) is 38.1 Å². The van der Waals surface area contributed by atoms with Crippen molar-refractivity contribution in [3.8, 4) is 0 Å². The second-order valence-corrected chi connectivity index (χ2v) is 7.07. The van der Waals surface area contributed by atoms with Gasteiger partial charge in [-0.3, -0.25) is 4.98 Å². The van der Waals surface area contributed by atoms with E-state index in [-0.39, 0.29) is 5.97 Å². The molecule has 116 valence electrons. The van der Waals surface area contributed by atoms with Gasteiger partial charge in [0.25, 0.3) is 0 Å². The molecule has 0 aliphatic carbocycles. The van der Waals surface area contributed by atoms with E-state index in [0.717, 1.165) is 35.6 Å². The molecular formula is C18H22N2O2. The van der Waals surface area contributed by atoms with Gasteiger partial charge in [0, 0.05) is 30.4 Å². The molecule has 1 aromatic carbocycles. The van der Waals surface area contributed by atoms with Gasteiger partial charge in [-0.25, -0.2) is 4.79 Å².